The quantitative estimate of drug-likeness (QED) is 0.929. The molecule has 1 aliphatic rings. The summed E-state index contributed by atoms with van der Waals surface area (Å²) in [6.07, 6.45) is 1.45. The Morgan fingerprint density at radius 1 is 1.33 bits per heavy atom. The number of nitrogens with one attached hydrogen (secondary N) is 1. The molecule has 1 aliphatic heterocycles. The van der Waals surface area contributed by atoms with Crippen molar-refractivity contribution in [3.63, 3.8) is 0 Å². The minimum atomic E-state index is -0.435. The highest BCUT2D eigenvalue weighted by molar-refractivity contribution is 7.07. The molecule has 0 radical (unpaired) electrons. The van der Waals surface area contributed by atoms with Crippen LogP contribution in [0.3, 0.4) is 0 Å². The van der Waals surface area contributed by atoms with E-state index in [9.17, 15) is 9.59 Å². The maximum absolute atomic E-state index is 12.8. The molecule has 2 atom stereocenters. The Balaban J connectivity index is 2.16. The average Bonchev–Trinajstić information content (AvgIpc) is 2.91. The summed E-state index contributed by atoms with van der Waals surface area (Å²) in [6.45, 7) is 8.51. The molecule has 0 saturated carbocycles. The first-order valence-electron chi connectivity index (χ1n) is 7.46. The topological polar surface area (TPSA) is 49.4 Å². The van der Waals surface area contributed by atoms with Gasteiger partial charge in [0.1, 0.15) is 12.1 Å². The van der Waals surface area contributed by atoms with Crippen molar-refractivity contribution in [2.75, 3.05) is 6.54 Å². The first-order chi connectivity index (χ1) is 9.84. The number of carbonyl (C=O) groups is 2. The average molecular weight is 308 g/mol. The third-order valence-corrected chi connectivity index (χ3v) is 4.70. The van der Waals surface area contributed by atoms with Crippen molar-refractivity contribution in [3.8, 4) is 0 Å². The lowest BCUT2D eigenvalue weighted by Gasteiger charge is -2.43. The number of rotatable bonds is 4. The van der Waals surface area contributed by atoms with Gasteiger partial charge in [0.05, 0.1) is 0 Å². The van der Waals surface area contributed by atoms with Gasteiger partial charge in [-0.25, -0.2) is 0 Å². The fourth-order valence-electron chi connectivity index (χ4n) is 2.70. The SMILES string of the molecule is CCC1C(=O)NC(C(C)(C)C)C(=O)N1CCc1ccsc1. The molecule has 1 aromatic rings. The standard InChI is InChI=1S/C16H24N2O2S/c1-5-12-14(19)17-13(16(2,3)4)15(20)18(12)8-6-11-7-9-21-10-11/h7,9-10,12-13H,5-6,8H2,1-4H3,(H,17,19). The van der Waals surface area contributed by atoms with Crippen molar-refractivity contribution in [2.45, 2.75) is 52.6 Å². The lowest BCUT2D eigenvalue weighted by atomic mass is 9.83. The van der Waals surface area contributed by atoms with Crippen molar-refractivity contribution in [3.05, 3.63) is 22.4 Å². The minimum absolute atomic E-state index is 0.0256. The molecule has 21 heavy (non-hydrogen) atoms. The molecule has 0 spiro atoms. The third kappa shape index (κ3) is 3.46. The highest BCUT2D eigenvalue weighted by atomic mass is 32.1. The van der Waals surface area contributed by atoms with E-state index in [0.717, 1.165) is 6.42 Å². The molecule has 5 heteroatoms. The summed E-state index contributed by atoms with van der Waals surface area (Å²) < 4.78 is 0. The normalized spacial score (nSPS) is 23.3. The van der Waals surface area contributed by atoms with Gasteiger partial charge in [-0.15, -0.1) is 0 Å². The lowest BCUT2D eigenvalue weighted by Crippen LogP contribution is -2.66. The lowest BCUT2D eigenvalue weighted by molar-refractivity contribution is -0.152. The first-order valence-corrected chi connectivity index (χ1v) is 8.40. The van der Waals surface area contributed by atoms with E-state index in [0.29, 0.717) is 13.0 Å². The zero-order valence-electron chi connectivity index (χ0n) is 13.2. The smallest absolute Gasteiger partial charge is 0.246 e. The Morgan fingerprint density at radius 2 is 2.05 bits per heavy atom. The number of hydrogen-bond acceptors (Lipinski definition) is 3. The van der Waals surface area contributed by atoms with Crippen LogP contribution in [0.2, 0.25) is 0 Å². The second-order valence-electron chi connectivity index (χ2n) is 6.64. The van der Waals surface area contributed by atoms with Gasteiger partial charge in [-0.05, 0) is 40.6 Å². The number of piperazine rings is 1. The number of carbonyl (C=O) groups excluding carboxylic acids is 2. The van der Waals surface area contributed by atoms with Gasteiger partial charge in [-0.1, -0.05) is 27.7 Å². The summed E-state index contributed by atoms with van der Waals surface area (Å²) in [7, 11) is 0. The van der Waals surface area contributed by atoms with E-state index in [1.807, 2.05) is 33.1 Å². The Bertz CT molecular complexity index is 505. The fourth-order valence-corrected chi connectivity index (χ4v) is 3.41. The molecular weight excluding hydrogens is 284 g/mol. The molecule has 0 aliphatic carbocycles. The van der Waals surface area contributed by atoms with Crippen LogP contribution in [-0.4, -0.2) is 35.3 Å². The molecule has 4 nitrogen and oxygen atoms in total. The molecule has 1 aromatic heterocycles. The van der Waals surface area contributed by atoms with Crippen LogP contribution in [0.15, 0.2) is 16.8 Å². The van der Waals surface area contributed by atoms with E-state index in [4.69, 9.17) is 0 Å². The molecule has 1 fully saturated rings. The van der Waals surface area contributed by atoms with Crippen molar-refractivity contribution in [1.82, 2.24) is 10.2 Å². The van der Waals surface area contributed by atoms with Crippen LogP contribution in [0.4, 0.5) is 0 Å². The maximum atomic E-state index is 12.8. The van der Waals surface area contributed by atoms with Gasteiger partial charge in [0.25, 0.3) is 0 Å². The van der Waals surface area contributed by atoms with Gasteiger partial charge in [-0.3, -0.25) is 9.59 Å². The highest BCUT2D eigenvalue weighted by Gasteiger charge is 2.44. The van der Waals surface area contributed by atoms with Crippen LogP contribution in [0.25, 0.3) is 0 Å². The molecule has 0 bridgehead atoms. The van der Waals surface area contributed by atoms with Gasteiger partial charge in [0.2, 0.25) is 11.8 Å². The highest BCUT2D eigenvalue weighted by Crippen LogP contribution is 2.26. The zero-order valence-corrected chi connectivity index (χ0v) is 14.0. The second-order valence-corrected chi connectivity index (χ2v) is 7.42. The monoisotopic (exact) mass is 308 g/mol. The number of nitrogens with zero attached hydrogens (tertiary/aromatic N) is 1. The van der Waals surface area contributed by atoms with Crippen LogP contribution in [0.5, 0.6) is 0 Å². The first kappa shape index (κ1) is 16.0. The van der Waals surface area contributed by atoms with Crippen molar-refractivity contribution in [2.24, 2.45) is 5.41 Å². The molecule has 2 rings (SSSR count). The molecule has 2 unspecified atom stereocenters. The van der Waals surface area contributed by atoms with Crippen LogP contribution in [0.1, 0.15) is 39.7 Å². The molecule has 2 heterocycles. The molecule has 2 amide bonds. The van der Waals surface area contributed by atoms with Crippen molar-refractivity contribution < 1.29 is 9.59 Å². The largest absolute Gasteiger partial charge is 0.342 e. The van der Waals surface area contributed by atoms with Gasteiger partial charge >= 0.3 is 0 Å². The summed E-state index contributed by atoms with van der Waals surface area (Å²) in [5.41, 5.74) is 0.951. The van der Waals surface area contributed by atoms with Crippen LogP contribution < -0.4 is 5.32 Å². The molecule has 116 valence electrons. The summed E-state index contributed by atoms with van der Waals surface area (Å²) in [6, 6.07) is 1.30. The zero-order chi connectivity index (χ0) is 15.6. The number of amides is 2. The Morgan fingerprint density at radius 3 is 2.57 bits per heavy atom. The van der Waals surface area contributed by atoms with E-state index < -0.39 is 6.04 Å². The van der Waals surface area contributed by atoms with Gasteiger partial charge < -0.3 is 10.2 Å². The van der Waals surface area contributed by atoms with Crippen LogP contribution >= 0.6 is 11.3 Å². The summed E-state index contributed by atoms with van der Waals surface area (Å²) in [5.74, 6) is 0.0199. The predicted octanol–water partition coefficient (Wildman–Crippen LogP) is 2.44. The molecular formula is C16H24N2O2S. The van der Waals surface area contributed by atoms with Gasteiger partial charge in [0.15, 0.2) is 0 Å². The Hall–Kier alpha value is -1.36. The Labute approximate surface area is 130 Å². The van der Waals surface area contributed by atoms with E-state index in [1.54, 1.807) is 16.2 Å². The van der Waals surface area contributed by atoms with Crippen molar-refractivity contribution in [1.29, 1.82) is 0 Å². The van der Waals surface area contributed by atoms with Crippen LogP contribution in [0, 0.1) is 5.41 Å². The molecule has 1 N–H and O–H groups in total. The fraction of sp³-hybridized carbons (Fsp3) is 0.625. The summed E-state index contributed by atoms with van der Waals surface area (Å²) in [5, 5.41) is 7.03. The van der Waals surface area contributed by atoms with E-state index >= 15 is 0 Å². The predicted molar refractivity (Wildman–Crippen MR) is 85.2 cm³/mol. The molecule has 1 saturated heterocycles. The van der Waals surface area contributed by atoms with Gasteiger partial charge in [0, 0.05) is 6.54 Å². The minimum Gasteiger partial charge on any atom is -0.342 e. The van der Waals surface area contributed by atoms with E-state index in [1.165, 1.54) is 5.56 Å². The molecule has 0 aromatic carbocycles. The number of hydrogen-bond donors (Lipinski definition) is 1. The summed E-state index contributed by atoms with van der Waals surface area (Å²) >= 11 is 1.66. The third-order valence-electron chi connectivity index (χ3n) is 3.97. The van der Waals surface area contributed by atoms with E-state index in [2.05, 4.69) is 16.8 Å². The van der Waals surface area contributed by atoms with Gasteiger partial charge in [-0.2, -0.15) is 11.3 Å². The maximum Gasteiger partial charge on any atom is 0.246 e. The Kier molecular flexibility index (Phi) is 4.71. The summed E-state index contributed by atoms with van der Waals surface area (Å²) in [4.78, 5) is 26.8. The van der Waals surface area contributed by atoms with Crippen LogP contribution in [-0.2, 0) is 16.0 Å². The number of thiophene rings is 1. The van der Waals surface area contributed by atoms with E-state index in [-0.39, 0.29) is 23.3 Å². The van der Waals surface area contributed by atoms with Crippen molar-refractivity contribution >= 4 is 23.2 Å². The second kappa shape index (κ2) is 6.18.